The lowest BCUT2D eigenvalue weighted by Crippen LogP contribution is -2.16. The molecular weight excluding hydrogens is 323 g/mol. The molecular formula is C22H47AlO2. The fourth-order valence-corrected chi connectivity index (χ4v) is 3.33. The predicted molar refractivity (Wildman–Crippen MR) is 115 cm³/mol. The number of rotatable bonds is 18. The largest absolute Gasteiger partial charge is 0.466 e. The van der Waals surface area contributed by atoms with E-state index in [9.17, 15) is 4.79 Å². The second-order valence-electron chi connectivity index (χ2n) is 7.24. The molecule has 0 N–H and O–H groups in total. The molecule has 0 saturated heterocycles. The van der Waals surface area contributed by atoms with Crippen LogP contribution in [0.1, 0.15) is 124 Å². The molecule has 1 atom stereocenters. The smallest absolute Gasteiger partial charge is 0.308 e. The Morgan fingerprint density at radius 2 is 1.08 bits per heavy atom. The Labute approximate surface area is 169 Å². The van der Waals surface area contributed by atoms with E-state index in [1.54, 1.807) is 0 Å². The molecule has 0 saturated carbocycles. The summed E-state index contributed by atoms with van der Waals surface area (Å²) in [5.74, 6) is 0.136. The summed E-state index contributed by atoms with van der Waals surface area (Å²) in [5, 5.41) is 0. The van der Waals surface area contributed by atoms with Crippen molar-refractivity contribution in [1.29, 1.82) is 0 Å². The van der Waals surface area contributed by atoms with E-state index < -0.39 is 0 Å². The number of carbonyl (C=O) groups excluding carboxylic acids is 1. The van der Waals surface area contributed by atoms with Crippen LogP contribution in [0.2, 0.25) is 0 Å². The third kappa shape index (κ3) is 18.6. The minimum absolute atomic E-state index is 0. The highest BCUT2D eigenvalue weighted by molar-refractivity contribution is 5.75. The van der Waals surface area contributed by atoms with Crippen molar-refractivity contribution in [3.8, 4) is 0 Å². The van der Waals surface area contributed by atoms with Gasteiger partial charge in [-0.2, -0.15) is 0 Å². The molecule has 0 bridgehead atoms. The van der Waals surface area contributed by atoms with Crippen LogP contribution >= 0.6 is 0 Å². The molecule has 0 aromatic rings. The second kappa shape index (κ2) is 22.0. The SMILES string of the molecule is CCCCCCCCCCCCCCCCC(CC)C(=O)OCC.[AlH3]. The fourth-order valence-electron chi connectivity index (χ4n) is 3.33. The number of hydrogen-bond acceptors (Lipinski definition) is 2. The second-order valence-corrected chi connectivity index (χ2v) is 7.24. The van der Waals surface area contributed by atoms with Gasteiger partial charge in [-0.05, 0) is 19.8 Å². The monoisotopic (exact) mass is 370 g/mol. The van der Waals surface area contributed by atoms with Crippen molar-refractivity contribution in [3.05, 3.63) is 0 Å². The van der Waals surface area contributed by atoms with Gasteiger partial charge in [-0.1, -0.05) is 104 Å². The zero-order valence-corrected chi connectivity index (χ0v) is 16.9. The number of unbranched alkanes of at least 4 members (excludes halogenated alkanes) is 13. The number of esters is 1. The zero-order valence-electron chi connectivity index (χ0n) is 16.9. The van der Waals surface area contributed by atoms with Crippen molar-refractivity contribution < 1.29 is 9.53 Å². The third-order valence-corrected chi connectivity index (χ3v) is 5.02. The summed E-state index contributed by atoms with van der Waals surface area (Å²) >= 11 is 0. The van der Waals surface area contributed by atoms with E-state index in [-0.39, 0.29) is 29.2 Å². The van der Waals surface area contributed by atoms with Crippen LogP contribution < -0.4 is 0 Å². The normalized spacial score (nSPS) is 11.8. The first-order valence-corrected chi connectivity index (χ1v) is 10.9. The highest BCUT2D eigenvalue weighted by Gasteiger charge is 2.16. The van der Waals surface area contributed by atoms with Gasteiger partial charge in [0.15, 0.2) is 17.4 Å². The Hall–Kier alpha value is 0.00247. The first-order valence-electron chi connectivity index (χ1n) is 10.9. The maximum absolute atomic E-state index is 11.7. The van der Waals surface area contributed by atoms with Crippen LogP contribution in [0.15, 0.2) is 0 Å². The zero-order chi connectivity index (χ0) is 17.9. The summed E-state index contributed by atoms with van der Waals surface area (Å²) in [6.45, 7) is 6.76. The van der Waals surface area contributed by atoms with E-state index in [1.807, 2.05) is 6.92 Å². The Morgan fingerprint density at radius 1 is 0.680 bits per heavy atom. The highest BCUT2D eigenvalue weighted by atomic mass is 27.0. The average molecular weight is 371 g/mol. The van der Waals surface area contributed by atoms with E-state index in [0.717, 1.165) is 12.8 Å². The molecule has 0 radical (unpaired) electrons. The van der Waals surface area contributed by atoms with Gasteiger partial charge in [0, 0.05) is 0 Å². The van der Waals surface area contributed by atoms with Gasteiger partial charge in [-0.3, -0.25) is 4.79 Å². The van der Waals surface area contributed by atoms with Crippen LogP contribution in [0.3, 0.4) is 0 Å². The molecule has 0 fully saturated rings. The van der Waals surface area contributed by atoms with Crippen molar-refractivity contribution in [2.75, 3.05) is 6.61 Å². The summed E-state index contributed by atoms with van der Waals surface area (Å²) in [6.07, 6.45) is 21.3. The maximum Gasteiger partial charge on any atom is 0.308 e. The first kappa shape index (κ1) is 27.2. The third-order valence-electron chi connectivity index (χ3n) is 5.02. The molecule has 0 aliphatic heterocycles. The van der Waals surface area contributed by atoms with Gasteiger partial charge in [-0.25, -0.2) is 0 Å². The van der Waals surface area contributed by atoms with Gasteiger partial charge in [0.1, 0.15) is 0 Å². The van der Waals surface area contributed by atoms with Crippen LogP contribution in [0, 0.1) is 5.92 Å². The minimum atomic E-state index is 0. The number of carbonyl (C=O) groups is 1. The summed E-state index contributed by atoms with van der Waals surface area (Å²) < 4.78 is 5.13. The van der Waals surface area contributed by atoms with Gasteiger partial charge in [0.05, 0.1) is 12.5 Å². The van der Waals surface area contributed by atoms with E-state index in [0.29, 0.717) is 6.61 Å². The van der Waals surface area contributed by atoms with Gasteiger partial charge in [0.2, 0.25) is 0 Å². The Balaban J connectivity index is 0. The summed E-state index contributed by atoms with van der Waals surface area (Å²) in [5.41, 5.74) is 0. The van der Waals surface area contributed by atoms with Crippen molar-refractivity contribution in [2.45, 2.75) is 124 Å². The topological polar surface area (TPSA) is 26.3 Å². The van der Waals surface area contributed by atoms with Crippen LogP contribution in [0.25, 0.3) is 0 Å². The molecule has 0 aromatic carbocycles. The summed E-state index contributed by atoms with van der Waals surface area (Å²) in [6, 6.07) is 0. The molecule has 0 aliphatic rings. The van der Waals surface area contributed by atoms with Crippen molar-refractivity contribution >= 4 is 23.3 Å². The molecule has 0 amide bonds. The molecule has 0 aromatic heterocycles. The molecule has 0 spiro atoms. The Morgan fingerprint density at radius 3 is 1.44 bits per heavy atom. The van der Waals surface area contributed by atoms with Crippen LogP contribution in [-0.4, -0.2) is 29.9 Å². The van der Waals surface area contributed by atoms with Crippen LogP contribution in [0.5, 0.6) is 0 Å². The van der Waals surface area contributed by atoms with E-state index in [1.165, 1.54) is 89.9 Å². The Kier molecular flexibility index (Phi) is 24.0. The molecule has 1 unspecified atom stereocenters. The quantitative estimate of drug-likeness (QED) is 0.162. The molecule has 25 heavy (non-hydrogen) atoms. The lowest BCUT2D eigenvalue weighted by Gasteiger charge is -2.13. The fraction of sp³-hybridized carbons (Fsp3) is 0.955. The lowest BCUT2D eigenvalue weighted by molar-refractivity contribution is -0.148. The van der Waals surface area contributed by atoms with Crippen LogP contribution in [0.4, 0.5) is 0 Å². The van der Waals surface area contributed by atoms with E-state index >= 15 is 0 Å². The Bertz CT molecular complexity index is 269. The predicted octanol–water partition coefficient (Wildman–Crippen LogP) is 6.26. The number of ether oxygens (including phenoxy) is 1. The van der Waals surface area contributed by atoms with Crippen LogP contribution in [-0.2, 0) is 9.53 Å². The summed E-state index contributed by atoms with van der Waals surface area (Å²) in [7, 11) is 0. The molecule has 150 valence electrons. The molecule has 3 heteroatoms. The average Bonchev–Trinajstić information content (AvgIpc) is 2.58. The first-order chi connectivity index (χ1) is 11.8. The molecule has 0 rings (SSSR count). The lowest BCUT2D eigenvalue weighted by atomic mass is 9.98. The van der Waals surface area contributed by atoms with E-state index in [4.69, 9.17) is 4.74 Å². The van der Waals surface area contributed by atoms with Crippen molar-refractivity contribution in [2.24, 2.45) is 5.92 Å². The van der Waals surface area contributed by atoms with Crippen molar-refractivity contribution in [3.63, 3.8) is 0 Å². The highest BCUT2D eigenvalue weighted by Crippen LogP contribution is 2.17. The molecule has 2 nitrogen and oxygen atoms in total. The van der Waals surface area contributed by atoms with Gasteiger partial charge in [0.25, 0.3) is 0 Å². The van der Waals surface area contributed by atoms with Crippen molar-refractivity contribution in [1.82, 2.24) is 0 Å². The number of hydrogen-bond donors (Lipinski definition) is 0. The standard InChI is InChI=1S/C22H44O2.Al.3H/c1-4-7-8-9-10-11-12-13-14-15-16-17-18-19-20-21(5-2)22(23)24-6-3;;;;/h21H,4-20H2,1-3H3;;;;. The molecule has 0 heterocycles. The summed E-state index contributed by atoms with van der Waals surface area (Å²) in [4.78, 5) is 11.7. The minimum Gasteiger partial charge on any atom is -0.466 e. The van der Waals surface area contributed by atoms with E-state index in [2.05, 4.69) is 13.8 Å². The van der Waals surface area contributed by atoms with Gasteiger partial charge in [-0.15, -0.1) is 0 Å². The van der Waals surface area contributed by atoms with Gasteiger partial charge < -0.3 is 4.74 Å². The molecule has 0 aliphatic carbocycles. The van der Waals surface area contributed by atoms with Gasteiger partial charge >= 0.3 is 5.97 Å². The maximum atomic E-state index is 11.7.